The van der Waals surface area contributed by atoms with Crippen LogP contribution in [0.5, 0.6) is 0 Å². The number of esters is 1. The molecule has 2 aromatic rings. The molecule has 0 bridgehead atoms. The van der Waals surface area contributed by atoms with Gasteiger partial charge in [0.05, 0.1) is 28.7 Å². The molecule has 180 valence electrons. The van der Waals surface area contributed by atoms with Crippen LogP contribution < -0.4 is 5.32 Å². The van der Waals surface area contributed by atoms with Crippen LogP contribution in [0, 0.1) is 0 Å². The normalized spacial score (nSPS) is 14.4. The van der Waals surface area contributed by atoms with Gasteiger partial charge in [-0.25, -0.2) is 13.2 Å². The van der Waals surface area contributed by atoms with Crippen LogP contribution in [0.15, 0.2) is 29.2 Å². The third-order valence-electron chi connectivity index (χ3n) is 5.79. The average Bonchev–Trinajstić information content (AvgIpc) is 3.10. The first kappa shape index (κ1) is 25.4. The SMILES string of the molecule is CCOC(=O)c1c(NC(=O)Cc2ccc(S(=O)(=O)C(C)C)cc2)sc2c1CCN(C(C)C)C2. The van der Waals surface area contributed by atoms with Crippen molar-refractivity contribution in [1.29, 1.82) is 0 Å². The smallest absolute Gasteiger partial charge is 0.341 e. The number of benzene rings is 1. The van der Waals surface area contributed by atoms with Gasteiger partial charge in [-0.3, -0.25) is 9.69 Å². The van der Waals surface area contributed by atoms with Crippen molar-refractivity contribution in [2.75, 3.05) is 18.5 Å². The van der Waals surface area contributed by atoms with Gasteiger partial charge in [0.25, 0.3) is 0 Å². The minimum atomic E-state index is -3.36. The van der Waals surface area contributed by atoms with Crippen LogP contribution in [0.3, 0.4) is 0 Å². The van der Waals surface area contributed by atoms with Crippen LogP contribution >= 0.6 is 11.3 Å². The number of amides is 1. The number of nitrogens with zero attached hydrogens (tertiary/aromatic N) is 1. The highest BCUT2D eigenvalue weighted by atomic mass is 32.2. The molecule has 1 aromatic heterocycles. The number of carbonyl (C=O) groups is 2. The molecule has 33 heavy (non-hydrogen) atoms. The maximum absolute atomic E-state index is 12.8. The van der Waals surface area contributed by atoms with E-state index in [9.17, 15) is 18.0 Å². The monoisotopic (exact) mass is 492 g/mol. The first-order valence-electron chi connectivity index (χ1n) is 11.2. The lowest BCUT2D eigenvalue weighted by atomic mass is 10.0. The summed E-state index contributed by atoms with van der Waals surface area (Å²) in [6, 6.07) is 6.77. The van der Waals surface area contributed by atoms with E-state index in [0.717, 1.165) is 30.0 Å². The largest absolute Gasteiger partial charge is 0.462 e. The number of sulfone groups is 1. The number of carbonyl (C=O) groups excluding carboxylic acids is 2. The van der Waals surface area contributed by atoms with Gasteiger partial charge < -0.3 is 10.1 Å². The minimum absolute atomic E-state index is 0.0744. The zero-order valence-corrected chi connectivity index (χ0v) is 21.4. The molecule has 0 saturated heterocycles. The number of fused-ring (bicyclic) bond motifs is 1. The van der Waals surface area contributed by atoms with E-state index < -0.39 is 21.1 Å². The maximum atomic E-state index is 12.8. The number of hydrogen-bond acceptors (Lipinski definition) is 7. The topological polar surface area (TPSA) is 92.8 Å². The predicted octanol–water partition coefficient (Wildman–Crippen LogP) is 4.05. The van der Waals surface area contributed by atoms with E-state index in [4.69, 9.17) is 4.74 Å². The Labute approximate surface area is 200 Å². The second-order valence-electron chi connectivity index (χ2n) is 8.71. The van der Waals surface area contributed by atoms with Gasteiger partial charge in [-0.1, -0.05) is 12.1 Å². The van der Waals surface area contributed by atoms with Gasteiger partial charge in [0.1, 0.15) is 5.00 Å². The molecule has 1 amide bonds. The summed E-state index contributed by atoms with van der Waals surface area (Å²) >= 11 is 1.43. The summed E-state index contributed by atoms with van der Waals surface area (Å²) in [7, 11) is -3.36. The Bertz CT molecular complexity index is 1120. The zero-order chi connectivity index (χ0) is 24.3. The van der Waals surface area contributed by atoms with E-state index in [0.29, 0.717) is 22.2 Å². The standard InChI is InChI=1S/C24H32N2O5S2/c1-6-31-24(28)22-19-11-12-26(15(2)3)14-20(19)32-23(22)25-21(27)13-17-7-9-18(10-8-17)33(29,30)16(4)5/h7-10,15-16H,6,11-14H2,1-5H3,(H,25,27). The number of rotatable bonds is 8. The summed E-state index contributed by atoms with van der Waals surface area (Å²) in [5.41, 5.74) is 2.13. The lowest BCUT2D eigenvalue weighted by Crippen LogP contribution is -2.35. The molecule has 0 fully saturated rings. The van der Waals surface area contributed by atoms with Gasteiger partial charge in [-0.15, -0.1) is 11.3 Å². The van der Waals surface area contributed by atoms with Crippen LogP contribution in [-0.4, -0.2) is 49.6 Å². The van der Waals surface area contributed by atoms with E-state index in [2.05, 4.69) is 24.1 Å². The van der Waals surface area contributed by atoms with Crippen molar-refractivity contribution in [2.45, 2.75) is 70.2 Å². The van der Waals surface area contributed by atoms with Gasteiger partial charge in [-0.2, -0.15) is 0 Å². The molecule has 9 heteroatoms. The van der Waals surface area contributed by atoms with Crippen molar-refractivity contribution < 1.29 is 22.7 Å². The van der Waals surface area contributed by atoms with Crippen molar-refractivity contribution in [3.05, 3.63) is 45.8 Å². The molecule has 1 aliphatic heterocycles. The summed E-state index contributed by atoms with van der Waals surface area (Å²) in [5, 5.41) is 2.92. The lowest BCUT2D eigenvalue weighted by Gasteiger charge is -2.30. The van der Waals surface area contributed by atoms with E-state index in [1.54, 1.807) is 32.9 Å². The van der Waals surface area contributed by atoms with Gasteiger partial charge in [-0.05, 0) is 64.3 Å². The van der Waals surface area contributed by atoms with Crippen molar-refractivity contribution in [3.63, 3.8) is 0 Å². The van der Waals surface area contributed by atoms with E-state index in [1.807, 2.05) is 0 Å². The molecule has 7 nitrogen and oxygen atoms in total. The molecule has 0 saturated carbocycles. The highest BCUT2D eigenvalue weighted by Crippen LogP contribution is 2.38. The average molecular weight is 493 g/mol. The van der Waals surface area contributed by atoms with Gasteiger partial charge in [0.2, 0.25) is 5.91 Å². The molecule has 0 atom stereocenters. The zero-order valence-electron chi connectivity index (χ0n) is 19.8. The molecule has 0 aliphatic carbocycles. The Morgan fingerprint density at radius 3 is 2.39 bits per heavy atom. The molecular formula is C24H32N2O5S2. The van der Waals surface area contributed by atoms with Crippen LogP contribution in [0.25, 0.3) is 0 Å². The van der Waals surface area contributed by atoms with Crippen LogP contribution in [-0.2, 0) is 38.8 Å². The number of nitrogens with one attached hydrogen (secondary N) is 1. The Balaban J connectivity index is 1.80. The Kier molecular flexibility index (Phi) is 7.97. The first-order valence-corrected chi connectivity index (χ1v) is 13.6. The summed E-state index contributed by atoms with van der Waals surface area (Å²) in [6.07, 6.45) is 0.810. The fourth-order valence-corrected chi connectivity index (χ4v) is 6.13. The molecule has 1 aromatic carbocycles. The van der Waals surface area contributed by atoms with Crippen molar-refractivity contribution >= 4 is 38.1 Å². The Morgan fingerprint density at radius 2 is 1.82 bits per heavy atom. The van der Waals surface area contributed by atoms with Crippen LogP contribution in [0.4, 0.5) is 5.00 Å². The van der Waals surface area contributed by atoms with E-state index >= 15 is 0 Å². The van der Waals surface area contributed by atoms with Gasteiger partial charge in [0.15, 0.2) is 9.84 Å². The Hall–Kier alpha value is -2.23. The molecule has 2 heterocycles. The summed E-state index contributed by atoms with van der Waals surface area (Å²) < 4.78 is 29.9. The highest BCUT2D eigenvalue weighted by molar-refractivity contribution is 7.92. The molecule has 1 N–H and O–H groups in total. The molecule has 1 aliphatic rings. The summed E-state index contributed by atoms with van der Waals surface area (Å²) in [5.74, 6) is -0.675. The maximum Gasteiger partial charge on any atom is 0.341 e. The predicted molar refractivity (Wildman–Crippen MR) is 131 cm³/mol. The van der Waals surface area contributed by atoms with Crippen LogP contribution in [0.2, 0.25) is 0 Å². The number of anilines is 1. The van der Waals surface area contributed by atoms with E-state index in [1.165, 1.54) is 23.5 Å². The molecule has 0 spiro atoms. The first-order chi connectivity index (χ1) is 15.5. The fraction of sp³-hybridized carbons (Fsp3) is 0.500. The van der Waals surface area contributed by atoms with E-state index in [-0.39, 0.29) is 23.8 Å². The number of thiophene rings is 1. The Morgan fingerprint density at radius 1 is 1.15 bits per heavy atom. The van der Waals surface area contributed by atoms with Crippen molar-refractivity contribution in [1.82, 2.24) is 4.90 Å². The lowest BCUT2D eigenvalue weighted by molar-refractivity contribution is -0.115. The third kappa shape index (κ3) is 5.65. The number of hydrogen-bond donors (Lipinski definition) is 1. The summed E-state index contributed by atoms with van der Waals surface area (Å²) in [6.45, 7) is 11.2. The number of ether oxygens (including phenoxy) is 1. The minimum Gasteiger partial charge on any atom is -0.462 e. The third-order valence-corrected chi connectivity index (χ3v) is 9.09. The molecule has 3 rings (SSSR count). The second-order valence-corrected chi connectivity index (χ2v) is 12.3. The molecular weight excluding hydrogens is 460 g/mol. The van der Waals surface area contributed by atoms with Crippen LogP contribution in [0.1, 0.15) is 61.0 Å². The van der Waals surface area contributed by atoms with Crippen molar-refractivity contribution in [3.8, 4) is 0 Å². The second kappa shape index (κ2) is 10.4. The molecule has 0 radical (unpaired) electrons. The summed E-state index contributed by atoms with van der Waals surface area (Å²) in [4.78, 5) is 29.2. The quantitative estimate of drug-likeness (QED) is 0.559. The van der Waals surface area contributed by atoms with Crippen molar-refractivity contribution in [2.24, 2.45) is 0 Å². The highest BCUT2D eigenvalue weighted by Gasteiger charge is 2.30. The van der Waals surface area contributed by atoms with Gasteiger partial charge in [0, 0.05) is 24.0 Å². The molecule has 0 unspecified atom stereocenters. The fourth-order valence-electron chi connectivity index (χ4n) is 3.80. The van der Waals surface area contributed by atoms with Gasteiger partial charge >= 0.3 is 5.97 Å².